The molecule has 2 fully saturated rings. The fourth-order valence-electron chi connectivity index (χ4n) is 4.73. The van der Waals surface area contributed by atoms with Gasteiger partial charge in [-0.25, -0.2) is 0 Å². The number of hydrogen-bond donors (Lipinski definition) is 1. The zero-order valence-electron chi connectivity index (χ0n) is 17.2. The third-order valence-electron chi connectivity index (χ3n) is 6.59. The van der Waals surface area contributed by atoms with Crippen LogP contribution in [-0.4, -0.2) is 33.7 Å². The second kappa shape index (κ2) is 8.91. The number of rotatable bonds is 8. The Labute approximate surface area is 180 Å². The number of hydrogen-bond acceptors (Lipinski definition) is 2. The summed E-state index contributed by atoms with van der Waals surface area (Å²) < 4.78 is 41.5. The molecule has 1 saturated heterocycles. The highest BCUT2D eigenvalue weighted by atomic mass is 35.5. The fourth-order valence-corrected chi connectivity index (χ4v) is 4.85. The minimum atomic E-state index is -4.73. The van der Waals surface area contributed by atoms with E-state index in [1.165, 1.54) is 0 Å². The molecule has 0 spiro atoms. The lowest BCUT2D eigenvalue weighted by Gasteiger charge is -2.46. The van der Waals surface area contributed by atoms with E-state index in [9.17, 15) is 23.1 Å². The van der Waals surface area contributed by atoms with Gasteiger partial charge < -0.3 is 10.0 Å². The molecule has 4 atom stereocenters. The van der Waals surface area contributed by atoms with E-state index < -0.39 is 30.2 Å². The highest BCUT2D eigenvalue weighted by Gasteiger charge is 2.62. The lowest BCUT2D eigenvalue weighted by Crippen LogP contribution is -2.55. The fraction of sp³-hybridized carbons (Fsp3) is 0.609. The molecule has 1 unspecified atom stereocenters. The smallest absolute Gasteiger partial charge is 0.380 e. The van der Waals surface area contributed by atoms with Gasteiger partial charge in [0.2, 0.25) is 5.91 Å². The number of likely N-dealkylation sites (tertiary alicyclic amines) is 1. The third-order valence-corrected chi connectivity index (χ3v) is 6.84. The first kappa shape index (κ1) is 23.1. The van der Waals surface area contributed by atoms with Gasteiger partial charge >= 0.3 is 6.18 Å². The van der Waals surface area contributed by atoms with Crippen molar-refractivity contribution in [1.29, 1.82) is 0 Å². The van der Waals surface area contributed by atoms with Gasteiger partial charge in [-0.1, -0.05) is 36.7 Å². The predicted octanol–water partition coefficient (Wildman–Crippen LogP) is 6.07. The monoisotopic (exact) mass is 443 g/mol. The summed E-state index contributed by atoms with van der Waals surface area (Å²) in [6.07, 6.45) is -0.688. The Morgan fingerprint density at radius 2 is 1.87 bits per heavy atom. The topological polar surface area (TPSA) is 40.5 Å². The first-order valence-corrected chi connectivity index (χ1v) is 11.0. The number of alkyl halides is 3. The molecule has 1 heterocycles. The zero-order chi connectivity index (χ0) is 22.1. The number of piperidine rings is 1. The van der Waals surface area contributed by atoms with Crippen LogP contribution in [-0.2, 0) is 4.79 Å². The SMILES string of the molecule is C=CC[C@H]1CCC(c2ccc(Cl)cc2)N([C@@H](CC)C[C@](O)(C2CC2)C(F)(F)F)C1=O. The molecule has 2 aliphatic rings. The summed E-state index contributed by atoms with van der Waals surface area (Å²) >= 11 is 6.00. The van der Waals surface area contributed by atoms with Crippen molar-refractivity contribution in [3.05, 3.63) is 47.5 Å². The van der Waals surface area contributed by atoms with E-state index in [-0.39, 0.29) is 17.9 Å². The van der Waals surface area contributed by atoms with E-state index >= 15 is 0 Å². The Morgan fingerprint density at radius 3 is 2.37 bits per heavy atom. The molecule has 1 aliphatic heterocycles. The standard InChI is InChI=1S/C23H29ClF3NO2/c1-3-5-16-8-13-20(15-6-11-18(24)12-7-15)28(21(16)29)19(4-2)14-22(30,17-9-10-17)23(25,26)27/h3,6-7,11-12,16-17,19-20,30H,1,4-5,8-10,13-14H2,2H3/t16-,19-,20?,22-/m0/s1. The zero-order valence-corrected chi connectivity index (χ0v) is 17.9. The van der Waals surface area contributed by atoms with E-state index in [4.69, 9.17) is 11.6 Å². The molecule has 3 rings (SSSR count). The quantitative estimate of drug-likeness (QED) is 0.495. The van der Waals surface area contributed by atoms with Crippen molar-refractivity contribution in [3.63, 3.8) is 0 Å². The van der Waals surface area contributed by atoms with Gasteiger partial charge in [-0.05, 0) is 62.1 Å². The molecule has 1 aromatic rings. The largest absolute Gasteiger partial charge is 0.417 e. The van der Waals surface area contributed by atoms with Crippen molar-refractivity contribution in [2.75, 3.05) is 0 Å². The number of carbonyl (C=O) groups excluding carboxylic acids is 1. The van der Waals surface area contributed by atoms with Crippen LogP contribution in [0.5, 0.6) is 0 Å². The highest BCUT2D eigenvalue weighted by molar-refractivity contribution is 6.30. The predicted molar refractivity (Wildman–Crippen MR) is 111 cm³/mol. The first-order chi connectivity index (χ1) is 14.1. The van der Waals surface area contributed by atoms with Crippen LogP contribution in [0, 0.1) is 11.8 Å². The molecule has 7 heteroatoms. The molecule has 3 nitrogen and oxygen atoms in total. The lowest BCUT2D eigenvalue weighted by molar-refractivity contribution is -0.275. The maximum Gasteiger partial charge on any atom is 0.417 e. The van der Waals surface area contributed by atoms with E-state index in [1.54, 1.807) is 30.0 Å². The first-order valence-electron chi connectivity index (χ1n) is 10.6. The number of halogens is 4. The Morgan fingerprint density at radius 1 is 1.23 bits per heavy atom. The van der Waals surface area contributed by atoms with Gasteiger partial charge in [0, 0.05) is 23.4 Å². The summed E-state index contributed by atoms with van der Waals surface area (Å²) in [6.45, 7) is 5.49. The van der Waals surface area contributed by atoms with Gasteiger partial charge in [0.1, 0.15) is 0 Å². The summed E-state index contributed by atoms with van der Waals surface area (Å²) in [7, 11) is 0. The van der Waals surface area contributed by atoms with Crippen LogP contribution in [0.25, 0.3) is 0 Å². The summed E-state index contributed by atoms with van der Waals surface area (Å²) in [4.78, 5) is 15.0. The van der Waals surface area contributed by atoms with E-state index in [0.717, 1.165) is 5.56 Å². The van der Waals surface area contributed by atoms with Crippen molar-refractivity contribution in [2.45, 2.75) is 75.7 Å². The molecule has 1 N–H and O–H groups in total. The molecular weight excluding hydrogens is 415 g/mol. The number of aliphatic hydroxyl groups is 1. The van der Waals surface area contributed by atoms with Crippen molar-refractivity contribution in [1.82, 2.24) is 4.90 Å². The molecule has 30 heavy (non-hydrogen) atoms. The Hall–Kier alpha value is -1.53. The lowest BCUT2D eigenvalue weighted by atomic mass is 9.81. The molecule has 0 bridgehead atoms. The number of benzene rings is 1. The minimum Gasteiger partial charge on any atom is -0.380 e. The Bertz CT molecular complexity index is 763. The summed E-state index contributed by atoms with van der Waals surface area (Å²) in [5.74, 6) is -1.24. The second-order valence-corrected chi connectivity index (χ2v) is 9.01. The Kier molecular flexibility index (Phi) is 6.87. The van der Waals surface area contributed by atoms with Gasteiger partial charge in [0.05, 0.1) is 6.04 Å². The van der Waals surface area contributed by atoms with Crippen LogP contribution in [0.1, 0.15) is 63.5 Å². The molecule has 1 saturated carbocycles. The summed E-state index contributed by atoms with van der Waals surface area (Å²) in [6, 6.07) is 6.06. The number of allylic oxidation sites excluding steroid dienone is 1. The van der Waals surface area contributed by atoms with E-state index in [0.29, 0.717) is 43.5 Å². The van der Waals surface area contributed by atoms with Crippen LogP contribution in [0.2, 0.25) is 5.02 Å². The Balaban J connectivity index is 1.96. The number of nitrogens with zero attached hydrogens (tertiary/aromatic N) is 1. The highest BCUT2D eigenvalue weighted by Crippen LogP contribution is 2.52. The van der Waals surface area contributed by atoms with Gasteiger partial charge in [-0.2, -0.15) is 13.2 Å². The van der Waals surface area contributed by atoms with Crippen LogP contribution < -0.4 is 0 Å². The molecule has 166 valence electrons. The average Bonchev–Trinajstić information content (AvgIpc) is 3.53. The van der Waals surface area contributed by atoms with Crippen molar-refractivity contribution < 1.29 is 23.1 Å². The van der Waals surface area contributed by atoms with Crippen LogP contribution >= 0.6 is 11.6 Å². The molecule has 0 aromatic heterocycles. The second-order valence-electron chi connectivity index (χ2n) is 8.57. The van der Waals surface area contributed by atoms with Crippen molar-refractivity contribution >= 4 is 17.5 Å². The normalized spacial score (nSPS) is 25.7. The van der Waals surface area contributed by atoms with Crippen LogP contribution in [0.15, 0.2) is 36.9 Å². The minimum absolute atomic E-state index is 0.159. The van der Waals surface area contributed by atoms with Gasteiger partial charge in [0.25, 0.3) is 0 Å². The van der Waals surface area contributed by atoms with Crippen LogP contribution in [0.4, 0.5) is 13.2 Å². The van der Waals surface area contributed by atoms with E-state index in [2.05, 4.69) is 6.58 Å². The average molecular weight is 444 g/mol. The van der Waals surface area contributed by atoms with Crippen molar-refractivity contribution in [3.8, 4) is 0 Å². The summed E-state index contributed by atoms with van der Waals surface area (Å²) in [5.41, 5.74) is -1.91. The molecular formula is C23H29ClF3NO2. The molecule has 1 amide bonds. The van der Waals surface area contributed by atoms with E-state index in [1.807, 2.05) is 12.1 Å². The summed E-state index contributed by atoms with van der Waals surface area (Å²) in [5, 5.41) is 11.2. The maximum absolute atomic E-state index is 13.8. The molecule has 0 radical (unpaired) electrons. The third kappa shape index (κ3) is 4.54. The molecule has 1 aliphatic carbocycles. The maximum atomic E-state index is 13.8. The molecule has 1 aromatic carbocycles. The number of carbonyl (C=O) groups is 1. The van der Waals surface area contributed by atoms with Gasteiger partial charge in [0.15, 0.2) is 5.60 Å². The van der Waals surface area contributed by atoms with Crippen LogP contribution in [0.3, 0.4) is 0 Å². The number of amides is 1. The van der Waals surface area contributed by atoms with Gasteiger partial charge in [-0.3, -0.25) is 4.79 Å². The van der Waals surface area contributed by atoms with Gasteiger partial charge in [-0.15, -0.1) is 6.58 Å². The van der Waals surface area contributed by atoms with Crippen molar-refractivity contribution in [2.24, 2.45) is 11.8 Å².